The van der Waals surface area contributed by atoms with E-state index >= 15 is 0 Å². The summed E-state index contributed by atoms with van der Waals surface area (Å²) in [6.45, 7) is 21.1. The number of nitrogens with one attached hydrogen (secondary N) is 1. The molecule has 0 aromatic heterocycles. The Morgan fingerprint density at radius 2 is 1.82 bits per heavy atom. The third-order valence-corrected chi connectivity index (χ3v) is 7.25. The highest BCUT2D eigenvalue weighted by Crippen LogP contribution is 2.25. The quantitative estimate of drug-likeness (QED) is 0.466. The molecule has 0 aromatic carbocycles. The molecule has 3 aliphatic rings. The zero-order valence-electron chi connectivity index (χ0n) is 24.7. The molecule has 0 spiro atoms. The van der Waals surface area contributed by atoms with Crippen LogP contribution in [-0.4, -0.2) is 104 Å². The van der Waals surface area contributed by atoms with Gasteiger partial charge in [0.25, 0.3) is 0 Å². The Kier molecular flexibility index (Phi) is 18.2. The van der Waals surface area contributed by atoms with Gasteiger partial charge in [-0.2, -0.15) is 0 Å². The third-order valence-electron chi connectivity index (χ3n) is 7.25. The van der Waals surface area contributed by atoms with Crippen LogP contribution in [0.1, 0.15) is 67.7 Å². The molecule has 3 heterocycles. The van der Waals surface area contributed by atoms with E-state index in [4.69, 9.17) is 10.5 Å². The molecule has 220 valence electrons. The van der Waals surface area contributed by atoms with Gasteiger partial charge in [-0.3, -0.25) is 14.4 Å². The lowest BCUT2D eigenvalue weighted by Gasteiger charge is -2.33. The van der Waals surface area contributed by atoms with Crippen molar-refractivity contribution in [2.75, 3.05) is 59.0 Å². The number of amides is 3. The second kappa shape index (κ2) is 19.2. The van der Waals surface area contributed by atoms with Crippen LogP contribution >= 0.6 is 12.4 Å². The number of piperazine rings is 1. The second-order valence-corrected chi connectivity index (χ2v) is 9.82. The van der Waals surface area contributed by atoms with Gasteiger partial charge in [0.2, 0.25) is 17.7 Å². The fraction of sp³-hybridized carbons (Fsp3) is 0.750. The van der Waals surface area contributed by atoms with Gasteiger partial charge in [0.05, 0.1) is 6.04 Å². The summed E-state index contributed by atoms with van der Waals surface area (Å²) in [6, 6.07) is 0.411. The Morgan fingerprint density at radius 1 is 1.18 bits per heavy atom. The van der Waals surface area contributed by atoms with E-state index in [2.05, 4.69) is 17.1 Å². The molecular weight excluding hydrogens is 506 g/mol. The number of nitrogens with zero attached hydrogens (tertiary/aromatic N) is 3. The highest BCUT2D eigenvalue weighted by Gasteiger charge is 2.33. The van der Waals surface area contributed by atoms with Gasteiger partial charge in [0, 0.05) is 63.9 Å². The van der Waals surface area contributed by atoms with Crippen molar-refractivity contribution >= 4 is 30.1 Å². The van der Waals surface area contributed by atoms with E-state index in [1.165, 1.54) is 11.1 Å². The van der Waals surface area contributed by atoms with E-state index in [0.717, 1.165) is 57.7 Å². The predicted molar refractivity (Wildman–Crippen MR) is 156 cm³/mol. The highest BCUT2D eigenvalue weighted by atomic mass is 35.5. The molecule has 2 fully saturated rings. The molecule has 10 heteroatoms. The van der Waals surface area contributed by atoms with Crippen molar-refractivity contribution < 1.29 is 19.1 Å². The van der Waals surface area contributed by atoms with Gasteiger partial charge in [-0.1, -0.05) is 25.5 Å². The summed E-state index contributed by atoms with van der Waals surface area (Å²) in [7, 11) is 0. The van der Waals surface area contributed by atoms with Gasteiger partial charge < -0.3 is 30.5 Å². The van der Waals surface area contributed by atoms with Crippen LogP contribution in [0.3, 0.4) is 0 Å². The zero-order chi connectivity index (χ0) is 28.0. The third kappa shape index (κ3) is 11.8. The van der Waals surface area contributed by atoms with Crippen LogP contribution in [0.15, 0.2) is 22.8 Å². The van der Waals surface area contributed by atoms with Gasteiger partial charge >= 0.3 is 0 Å². The van der Waals surface area contributed by atoms with E-state index < -0.39 is 0 Å². The summed E-state index contributed by atoms with van der Waals surface area (Å²) in [6.07, 6.45) is 4.17. The van der Waals surface area contributed by atoms with Gasteiger partial charge in [0.15, 0.2) is 0 Å². The normalized spacial score (nSPS) is 21.1. The SMILES string of the molecule is C/C=C(\C)[C@@H](C)N.CCC1=C(C)CN(C2CCC(=O)NC2)C1=O.CCOCC(=O)N1CCN(CC)CC1.Cl. The largest absolute Gasteiger partial charge is 0.372 e. The van der Waals surface area contributed by atoms with E-state index in [9.17, 15) is 14.4 Å². The number of allylic oxidation sites excluding steroid dienone is 1. The molecule has 0 aromatic rings. The molecule has 38 heavy (non-hydrogen) atoms. The second-order valence-electron chi connectivity index (χ2n) is 9.82. The lowest BCUT2D eigenvalue weighted by molar-refractivity contribution is -0.137. The Labute approximate surface area is 236 Å². The maximum atomic E-state index is 12.1. The molecular formula is C28H52ClN5O4. The zero-order valence-corrected chi connectivity index (χ0v) is 25.5. The van der Waals surface area contributed by atoms with E-state index in [1.54, 1.807) is 0 Å². The van der Waals surface area contributed by atoms with Crippen LogP contribution in [0.25, 0.3) is 0 Å². The number of piperidine rings is 1. The molecule has 3 N–H and O–H groups in total. The van der Waals surface area contributed by atoms with Gasteiger partial charge in [-0.05, 0) is 59.6 Å². The Bertz CT molecular complexity index is 797. The number of ether oxygens (including phenoxy) is 1. The van der Waals surface area contributed by atoms with Gasteiger partial charge in [-0.15, -0.1) is 12.4 Å². The van der Waals surface area contributed by atoms with Crippen molar-refractivity contribution in [3.8, 4) is 0 Å². The molecule has 0 bridgehead atoms. The van der Waals surface area contributed by atoms with Crippen molar-refractivity contribution in [3.05, 3.63) is 22.8 Å². The number of carbonyl (C=O) groups excluding carboxylic acids is 3. The van der Waals surface area contributed by atoms with Crippen molar-refractivity contribution in [1.29, 1.82) is 0 Å². The molecule has 1 unspecified atom stereocenters. The Hall–Kier alpha value is -1.94. The summed E-state index contributed by atoms with van der Waals surface area (Å²) in [5, 5.41) is 2.83. The van der Waals surface area contributed by atoms with E-state index in [-0.39, 0.29) is 48.8 Å². The first-order valence-corrected chi connectivity index (χ1v) is 13.8. The average molecular weight is 558 g/mol. The summed E-state index contributed by atoms with van der Waals surface area (Å²) in [5.74, 6) is 0.395. The first-order chi connectivity index (χ1) is 17.6. The summed E-state index contributed by atoms with van der Waals surface area (Å²) >= 11 is 0. The molecule has 2 atom stereocenters. The molecule has 0 aliphatic carbocycles. The minimum absolute atomic E-state index is 0. The topological polar surface area (TPSA) is 108 Å². The van der Waals surface area contributed by atoms with Crippen LogP contribution in [-0.2, 0) is 19.1 Å². The molecule has 2 saturated heterocycles. The Morgan fingerprint density at radius 3 is 2.21 bits per heavy atom. The summed E-state index contributed by atoms with van der Waals surface area (Å²) in [4.78, 5) is 40.8. The number of rotatable bonds is 7. The molecule has 3 amide bonds. The van der Waals surface area contributed by atoms with Gasteiger partial charge in [-0.25, -0.2) is 0 Å². The number of halogens is 1. The number of carbonyl (C=O) groups is 3. The lowest BCUT2D eigenvalue weighted by atomic mass is 10.1. The number of nitrogens with two attached hydrogens (primary N) is 1. The van der Waals surface area contributed by atoms with Crippen molar-refractivity contribution in [2.24, 2.45) is 5.73 Å². The maximum Gasteiger partial charge on any atom is 0.250 e. The number of hydrogen-bond acceptors (Lipinski definition) is 6. The first kappa shape index (κ1) is 36.1. The molecule has 3 rings (SSSR count). The molecule has 0 saturated carbocycles. The predicted octanol–water partition coefficient (Wildman–Crippen LogP) is 2.74. The van der Waals surface area contributed by atoms with E-state index in [1.807, 2.05) is 57.4 Å². The number of likely N-dealkylation sites (N-methyl/N-ethyl adjacent to an activating group) is 1. The smallest absolute Gasteiger partial charge is 0.250 e. The summed E-state index contributed by atoms with van der Waals surface area (Å²) in [5.41, 5.74) is 8.87. The fourth-order valence-electron chi connectivity index (χ4n) is 4.37. The van der Waals surface area contributed by atoms with Crippen molar-refractivity contribution in [3.63, 3.8) is 0 Å². The highest BCUT2D eigenvalue weighted by molar-refractivity contribution is 5.97. The number of hydrogen-bond donors (Lipinski definition) is 2. The average Bonchev–Trinajstić information content (AvgIpc) is 3.20. The fourth-order valence-corrected chi connectivity index (χ4v) is 4.37. The van der Waals surface area contributed by atoms with Crippen LogP contribution in [0.2, 0.25) is 0 Å². The van der Waals surface area contributed by atoms with Crippen molar-refractivity contribution in [2.45, 2.75) is 79.8 Å². The molecule has 9 nitrogen and oxygen atoms in total. The minimum Gasteiger partial charge on any atom is -0.372 e. The first-order valence-electron chi connectivity index (χ1n) is 13.8. The van der Waals surface area contributed by atoms with Crippen LogP contribution in [0.5, 0.6) is 0 Å². The lowest BCUT2D eigenvalue weighted by Crippen LogP contribution is -2.49. The standard InChI is InChI=1S/C12H18N2O2.C10H20N2O2.C6H13N.ClH/c1-3-10-8(2)7-14(12(10)16)9-4-5-11(15)13-6-9;1-3-11-5-7-12(8-6-11)10(13)9-14-4-2;1-4-5(2)6(3)7;/h9H,3-7H2,1-2H3,(H,13,15);3-9H2,1-2H3;4,6H,7H2,1-3H3;1H/b;;5-4+;/t;;6-;/m..1./s1. The minimum atomic E-state index is 0. The molecule has 3 aliphatic heterocycles. The molecule has 0 radical (unpaired) electrons. The van der Waals surface area contributed by atoms with Crippen LogP contribution < -0.4 is 11.1 Å². The van der Waals surface area contributed by atoms with Crippen molar-refractivity contribution in [1.82, 2.24) is 20.0 Å². The van der Waals surface area contributed by atoms with Gasteiger partial charge in [0.1, 0.15) is 6.61 Å². The monoisotopic (exact) mass is 557 g/mol. The van der Waals surface area contributed by atoms with Crippen LogP contribution in [0, 0.1) is 0 Å². The van der Waals surface area contributed by atoms with E-state index in [0.29, 0.717) is 19.6 Å². The summed E-state index contributed by atoms with van der Waals surface area (Å²) < 4.78 is 5.10. The Balaban J connectivity index is 0.000000573. The maximum absolute atomic E-state index is 12.1. The van der Waals surface area contributed by atoms with Crippen LogP contribution in [0.4, 0.5) is 0 Å².